The highest BCUT2D eigenvalue weighted by molar-refractivity contribution is 5.77. The molecule has 10 heavy (non-hydrogen) atoms. The molecule has 0 aliphatic rings. The average Bonchev–Trinajstić information content (AvgIpc) is 1.85. The molecule has 0 saturated carbocycles. The van der Waals surface area contributed by atoms with Gasteiger partial charge in [0.05, 0.1) is 0 Å². The van der Waals surface area contributed by atoms with Gasteiger partial charge in [-0.05, 0) is 12.3 Å². The Kier molecular flexibility index (Phi) is 2.84. The van der Waals surface area contributed by atoms with Gasteiger partial charge in [0, 0.05) is 0 Å². The third-order valence-electron chi connectivity index (χ3n) is 1.86. The Balaban J connectivity index is 4.38. The van der Waals surface area contributed by atoms with E-state index in [0.717, 1.165) is 0 Å². The van der Waals surface area contributed by atoms with E-state index >= 15 is 0 Å². The summed E-state index contributed by atoms with van der Waals surface area (Å²) < 4.78 is 0. The van der Waals surface area contributed by atoms with Crippen molar-refractivity contribution in [3.63, 3.8) is 0 Å². The van der Waals surface area contributed by atoms with Crippen LogP contribution in [0.2, 0.25) is 0 Å². The summed E-state index contributed by atoms with van der Waals surface area (Å²) in [7, 11) is 0. The minimum absolute atomic E-state index is 0.241. The maximum atomic E-state index is 10.4. The van der Waals surface area contributed by atoms with E-state index in [9.17, 15) is 9.90 Å². The van der Waals surface area contributed by atoms with Crippen LogP contribution in [0.15, 0.2) is 0 Å². The number of hydrogen-bond donors (Lipinski definition) is 2. The molecule has 0 aliphatic carbocycles. The Morgan fingerprint density at radius 3 is 2.00 bits per heavy atom. The molecule has 0 bridgehead atoms. The molecule has 0 radical (unpaired) electrons. The first-order valence-electron chi connectivity index (χ1n) is 3.41. The number of aliphatic carboxylic acids is 1. The van der Waals surface area contributed by atoms with E-state index in [1.165, 1.54) is 0 Å². The van der Waals surface area contributed by atoms with Crippen LogP contribution in [-0.2, 0) is 4.79 Å². The molecule has 0 aliphatic heterocycles. The first kappa shape index (κ1) is 9.43. The van der Waals surface area contributed by atoms with Gasteiger partial charge >= 0.3 is 5.97 Å². The Bertz CT molecular complexity index is 131. The predicted molar refractivity (Wildman–Crippen MR) is 37.7 cm³/mol. The molecule has 1 atom stereocenters. The van der Waals surface area contributed by atoms with Gasteiger partial charge in [-0.15, -0.1) is 0 Å². The molecule has 0 aromatic rings. The summed E-state index contributed by atoms with van der Waals surface area (Å²) in [6.45, 7) is 5.04. The maximum absolute atomic E-state index is 10.4. The SMILES string of the molecule is CC[C@@](O)(C(=O)O)C(C)C. The van der Waals surface area contributed by atoms with Crippen molar-refractivity contribution in [1.29, 1.82) is 0 Å². The van der Waals surface area contributed by atoms with Crippen molar-refractivity contribution in [2.75, 3.05) is 0 Å². The molecule has 0 rings (SSSR count). The Labute approximate surface area is 60.7 Å². The van der Waals surface area contributed by atoms with Crippen molar-refractivity contribution in [1.82, 2.24) is 0 Å². The van der Waals surface area contributed by atoms with Gasteiger partial charge in [-0.3, -0.25) is 0 Å². The zero-order valence-electron chi connectivity index (χ0n) is 6.59. The summed E-state index contributed by atoms with van der Waals surface area (Å²) in [5.74, 6) is -1.38. The predicted octanol–water partition coefficient (Wildman–Crippen LogP) is 0.868. The number of carboxylic acid groups (broad SMARTS) is 1. The normalized spacial score (nSPS) is 16.9. The Morgan fingerprint density at radius 2 is 2.00 bits per heavy atom. The number of aliphatic hydroxyl groups is 1. The highest BCUT2D eigenvalue weighted by Crippen LogP contribution is 2.20. The number of hydrogen-bond acceptors (Lipinski definition) is 2. The van der Waals surface area contributed by atoms with Crippen LogP contribution in [0, 0.1) is 5.92 Å². The van der Waals surface area contributed by atoms with Crippen LogP contribution in [0.5, 0.6) is 0 Å². The summed E-state index contributed by atoms with van der Waals surface area (Å²) >= 11 is 0. The van der Waals surface area contributed by atoms with E-state index in [2.05, 4.69) is 0 Å². The minimum Gasteiger partial charge on any atom is -0.479 e. The lowest BCUT2D eigenvalue weighted by Gasteiger charge is -2.25. The van der Waals surface area contributed by atoms with E-state index in [0.29, 0.717) is 0 Å². The van der Waals surface area contributed by atoms with Crippen LogP contribution in [0.25, 0.3) is 0 Å². The van der Waals surface area contributed by atoms with E-state index in [4.69, 9.17) is 5.11 Å². The van der Waals surface area contributed by atoms with Crippen molar-refractivity contribution in [3.05, 3.63) is 0 Å². The zero-order valence-corrected chi connectivity index (χ0v) is 6.59. The molecule has 0 spiro atoms. The first-order valence-corrected chi connectivity index (χ1v) is 3.41. The van der Waals surface area contributed by atoms with E-state index in [1.54, 1.807) is 20.8 Å². The molecule has 0 saturated heterocycles. The summed E-state index contributed by atoms with van der Waals surface area (Å²) in [4.78, 5) is 10.4. The molecule has 0 aromatic heterocycles. The van der Waals surface area contributed by atoms with Crippen molar-refractivity contribution >= 4 is 5.97 Å². The van der Waals surface area contributed by atoms with Gasteiger partial charge in [0.2, 0.25) is 0 Å². The van der Waals surface area contributed by atoms with Gasteiger partial charge in [-0.1, -0.05) is 20.8 Å². The minimum atomic E-state index is -1.54. The summed E-state index contributed by atoms with van der Waals surface area (Å²) in [6, 6.07) is 0. The van der Waals surface area contributed by atoms with E-state index in [1.807, 2.05) is 0 Å². The van der Waals surface area contributed by atoms with Crippen LogP contribution in [0.4, 0.5) is 0 Å². The number of rotatable bonds is 3. The maximum Gasteiger partial charge on any atom is 0.335 e. The van der Waals surface area contributed by atoms with Gasteiger partial charge in [0.15, 0.2) is 5.60 Å². The quantitative estimate of drug-likeness (QED) is 0.621. The van der Waals surface area contributed by atoms with E-state index < -0.39 is 11.6 Å². The summed E-state index contributed by atoms with van der Waals surface area (Å²) in [5, 5.41) is 17.9. The molecule has 0 fully saturated rings. The molecule has 3 nitrogen and oxygen atoms in total. The average molecular weight is 146 g/mol. The molecule has 3 heteroatoms. The summed E-state index contributed by atoms with van der Waals surface area (Å²) in [5.41, 5.74) is -1.54. The largest absolute Gasteiger partial charge is 0.479 e. The highest BCUT2D eigenvalue weighted by atomic mass is 16.4. The lowest BCUT2D eigenvalue weighted by Crippen LogP contribution is -2.42. The molecule has 0 amide bonds. The first-order chi connectivity index (χ1) is 4.45. The van der Waals surface area contributed by atoms with Crippen molar-refractivity contribution in [2.45, 2.75) is 32.8 Å². The topological polar surface area (TPSA) is 57.5 Å². The van der Waals surface area contributed by atoms with Crippen LogP contribution in [0.3, 0.4) is 0 Å². The molecule has 0 unspecified atom stereocenters. The van der Waals surface area contributed by atoms with Crippen molar-refractivity contribution in [3.8, 4) is 0 Å². The molecule has 0 aromatic carbocycles. The summed E-state index contributed by atoms with van der Waals surface area (Å²) in [6.07, 6.45) is 0.250. The van der Waals surface area contributed by atoms with Gasteiger partial charge in [-0.25, -0.2) is 4.79 Å². The molecule has 60 valence electrons. The van der Waals surface area contributed by atoms with Gasteiger partial charge in [-0.2, -0.15) is 0 Å². The molecule has 0 heterocycles. The Morgan fingerprint density at radius 1 is 1.60 bits per heavy atom. The second-order valence-electron chi connectivity index (χ2n) is 2.74. The monoisotopic (exact) mass is 146 g/mol. The van der Waals surface area contributed by atoms with Crippen molar-refractivity contribution in [2.24, 2.45) is 5.92 Å². The third-order valence-corrected chi connectivity index (χ3v) is 1.86. The highest BCUT2D eigenvalue weighted by Gasteiger charge is 2.37. The fraction of sp³-hybridized carbons (Fsp3) is 0.857. The standard InChI is InChI=1S/C7H14O3/c1-4-7(10,5(2)3)6(8)9/h5,10H,4H2,1-3H3,(H,8,9)/t7-/m0/s1. The number of carbonyl (C=O) groups is 1. The second kappa shape index (κ2) is 3.01. The third kappa shape index (κ3) is 1.48. The van der Waals surface area contributed by atoms with Crippen molar-refractivity contribution < 1.29 is 15.0 Å². The fourth-order valence-electron chi connectivity index (χ4n) is 0.806. The number of carboxylic acids is 1. The lowest BCUT2D eigenvalue weighted by molar-refractivity contribution is -0.163. The van der Waals surface area contributed by atoms with Gasteiger partial charge in [0.1, 0.15) is 0 Å². The Hall–Kier alpha value is -0.570. The zero-order chi connectivity index (χ0) is 8.36. The second-order valence-corrected chi connectivity index (χ2v) is 2.74. The van der Waals surface area contributed by atoms with E-state index in [-0.39, 0.29) is 12.3 Å². The molecule has 2 N–H and O–H groups in total. The van der Waals surface area contributed by atoms with Gasteiger partial charge in [0.25, 0.3) is 0 Å². The molecular formula is C7H14O3. The van der Waals surface area contributed by atoms with Crippen LogP contribution in [-0.4, -0.2) is 21.8 Å². The van der Waals surface area contributed by atoms with Gasteiger partial charge < -0.3 is 10.2 Å². The fourth-order valence-corrected chi connectivity index (χ4v) is 0.806. The lowest BCUT2D eigenvalue weighted by atomic mass is 9.88. The smallest absolute Gasteiger partial charge is 0.335 e. The van der Waals surface area contributed by atoms with Crippen LogP contribution < -0.4 is 0 Å². The van der Waals surface area contributed by atoms with Crippen LogP contribution in [0.1, 0.15) is 27.2 Å². The van der Waals surface area contributed by atoms with Crippen LogP contribution >= 0.6 is 0 Å². The molecular weight excluding hydrogens is 132 g/mol.